The van der Waals surface area contributed by atoms with Crippen LogP contribution in [0.15, 0.2) is 24.4 Å². The first-order valence-corrected chi connectivity index (χ1v) is 8.21. The molecule has 0 radical (unpaired) electrons. The summed E-state index contributed by atoms with van der Waals surface area (Å²) in [7, 11) is 1.77. The molecule has 3 heterocycles. The van der Waals surface area contributed by atoms with Crippen LogP contribution in [0.3, 0.4) is 0 Å². The second-order valence-electron chi connectivity index (χ2n) is 6.60. The van der Waals surface area contributed by atoms with Gasteiger partial charge in [0.25, 0.3) is 0 Å². The van der Waals surface area contributed by atoms with Crippen LogP contribution >= 0.6 is 0 Å². The molecule has 0 N–H and O–H groups in total. The van der Waals surface area contributed by atoms with Crippen LogP contribution < -0.4 is 0 Å². The topological polar surface area (TPSA) is 37.8 Å². The zero-order valence-electron chi connectivity index (χ0n) is 13.5. The van der Waals surface area contributed by atoms with E-state index < -0.39 is 0 Å². The summed E-state index contributed by atoms with van der Waals surface area (Å²) in [5.41, 5.74) is 1.42. The predicted molar refractivity (Wildman–Crippen MR) is 85.7 cm³/mol. The number of rotatable bonds is 5. The molecule has 1 aromatic heterocycles. The molecule has 2 saturated heterocycles. The Labute approximate surface area is 133 Å². The molecular formula is C17H27N3O2. The highest BCUT2D eigenvalue weighted by Crippen LogP contribution is 2.33. The van der Waals surface area contributed by atoms with Crippen molar-refractivity contribution < 1.29 is 9.47 Å². The van der Waals surface area contributed by atoms with Crippen LogP contribution in [0.2, 0.25) is 0 Å². The van der Waals surface area contributed by atoms with Gasteiger partial charge in [-0.1, -0.05) is 6.07 Å². The van der Waals surface area contributed by atoms with E-state index in [1.54, 1.807) is 7.11 Å². The third-order valence-corrected chi connectivity index (χ3v) is 4.76. The van der Waals surface area contributed by atoms with E-state index in [1.807, 2.05) is 12.3 Å². The van der Waals surface area contributed by atoms with E-state index in [0.29, 0.717) is 0 Å². The van der Waals surface area contributed by atoms with Crippen molar-refractivity contribution in [2.75, 3.05) is 59.7 Å². The Morgan fingerprint density at radius 2 is 2.18 bits per heavy atom. The molecule has 0 aliphatic carbocycles. The lowest BCUT2D eigenvalue weighted by molar-refractivity contribution is 0.0681. The molecule has 122 valence electrons. The fourth-order valence-corrected chi connectivity index (χ4v) is 3.62. The minimum atomic E-state index is 0.277. The van der Waals surface area contributed by atoms with E-state index in [1.165, 1.54) is 6.42 Å². The summed E-state index contributed by atoms with van der Waals surface area (Å²) in [5.74, 6) is 0. The Kier molecular flexibility index (Phi) is 5.41. The number of pyridine rings is 1. The molecule has 22 heavy (non-hydrogen) atoms. The van der Waals surface area contributed by atoms with E-state index in [0.717, 1.165) is 64.8 Å². The van der Waals surface area contributed by atoms with Gasteiger partial charge in [0.1, 0.15) is 0 Å². The summed E-state index contributed by atoms with van der Waals surface area (Å²) in [6.07, 6.45) is 3.09. The zero-order chi connectivity index (χ0) is 15.3. The van der Waals surface area contributed by atoms with Gasteiger partial charge >= 0.3 is 0 Å². The lowest BCUT2D eigenvalue weighted by Gasteiger charge is -2.31. The zero-order valence-corrected chi connectivity index (χ0v) is 13.5. The molecule has 2 aliphatic rings. The number of ether oxygens (including phenoxy) is 2. The van der Waals surface area contributed by atoms with E-state index in [4.69, 9.17) is 9.47 Å². The number of methoxy groups -OCH3 is 1. The largest absolute Gasteiger partial charge is 0.383 e. The second-order valence-corrected chi connectivity index (χ2v) is 6.60. The Morgan fingerprint density at radius 1 is 1.27 bits per heavy atom. The first-order chi connectivity index (χ1) is 10.8. The molecular weight excluding hydrogens is 278 g/mol. The van der Waals surface area contributed by atoms with Crippen LogP contribution in [-0.4, -0.2) is 74.4 Å². The highest BCUT2D eigenvalue weighted by molar-refractivity contribution is 5.04. The van der Waals surface area contributed by atoms with Gasteiger partial charge in [0.2, 0.25) is 0 Å². The molecule has 0 amide bonds. The number of aromatic nitrogens is 1. The van der Waals surface area contributed by atoms with Crippen molar-refractivity contribution in [1.29, 1.82) is 0 Å². The lowest BCUT2D eigenvalue weighted by atomic mass is 9.87. The van der Waals surface area contributed by atoms with Crippen LogP contribution in [0, 0.1) is 5.41 Å². The molecule has 0 aromatic carbocycles. The molecule has 3 rings (SSSR count). The predicted octanol–water partition coefficient (Wildman–Crippen LogP) is 1.25. The summed E-state index contributed by atoms with van der Waals surface area (Å²) in [4.78, 5) is 9.48. The van der Waals surface area contributed by atoms with Gasteiger partial charge < -0.3 is 14.4 Å². The Morgan fingerprint density at radius 3 is 3.00 bits per heavy atom. The Hall–Kier alpha value is -1.01. The summed E-state index contributed by atoms with van der Waals surface area (Å²) in [5, 5.41) is 0. The fraction of sp³-hybridized carbons (Fsp3) is 0.706. The van der Waals surface area contributed by atoms with Crippen molar-refractivity contribution in [3.05, 3.63) is 30.1 Å². The lowest BCUT2D eigenvalue weighted by Crippen LogP contribution is -2.41. The SMILES string of the molecule is COCCN1CC[C@]2(COCCN(Cc3ccccn3)C2)C1. The summed E-state index contributed by atoms with van der Waals surface area (Å²) < 4.78 is 11.1. The normalized spacial score (nSPS) is 27.3. The first-order valence-electron chi connectivity index (χ1n) is 8.21. The molecule has 1 spiro atoms. The van der Waals surface area contributed by atoms with Crippen molar-refractivity contribution >= 4 is 0 Å². The third kappa shape index (κ3) is 4.04. The van der Waals surface area contributed by atoms with E-state index in [2.05, 4.69) is 26.9 Å². The van der Waals surface area contributed by atoms with Crippen molar-refractivity contribution in [2.45, 2.75) is 13.0 Å². The van der Waals surface area contributed by atoms with Gasteiger partial charge in [0.15, 0.2) is 0 Å². The highest BCUT2D eigenvalue weighted by Gasteiger charge is 2.40. The van der Waals surface area contributed by atoms with Crippen LogP contribution in [0.5, 0.6) is 0 Å². The third-order valence-electron chi connectivity index (χ3n) is 4.76. The smallest absolute Gasteiger partial charge is 0.0593 e. The van der Waals surface area contributed by atoms with Crippen LogP contribution in [0.4, 0.5) is 0 Å². The standard InChI is InChI=1S/C17H27N3O2/c1-21-10-8-19-7-5-17(13-19)14-20(9-11-22-15-17)12-16-4-2-3-6-18-16/h2-4,6H,5,7-15H2,1H3/t17-/m0/s1. The van der Waals surface area contributed by atoms with Crippen molar-refractivity contribution in [1.82, 2.24) is 14.8 Å². The fourth-order valence-electron chi connectivity index (χ4n) is 3.62. The quantitative estimate of drug-likeness (QED) is 0.818. The molecule has 0 unspecified atom stereocenters. The average Bonchev–Trinajstić information content (AvgIpc) is 2.82. The van der Waals surface area contributed by atoms with Crippen molar-refractivity contribution in [3.63, 3.8) is 0 Å². The van der Waals surface area contributed by atoms with Gasteiger partial charge in [0.05, 0.1) is 25.5 Å². The average molecular weight is 305 g/mol. The Bertz CT molecular complexity index is 456. The first kappa shape index (κ1) is 15.9. The van der Waals surface area contributed by atoms with Crippen LogP contribution in [0.25, 0.3) is 0 Å². The van der Waals surface area contributed by atoms with Gasteiger partial charge in [-0.05, 0) is 25.1 Å². The molecule has 0 saturated carbocycles. The number of nitrogens with zero attached hydrogens (tertiary/aromatic N) is 3. The summed E-state index contributed by atoms with van der Waals surface area (Å²) in [6.45, 7) is 8.85. The summed E-state index contributed by atoms with van der Waals surface area (Å²) >= 11 is 0. The highest BCUT2D eigenvalue weighted by atomic mass is 16.5. The van der Waals surface area contributed by atoms with Crippen LogP contribution in [-0.2, 0) is 16.0 Å². The van der Waals surface area contributed by atoms with Gasteiger partial charge in [-0.15, -0.1) is 0 Å². The van der Waals surface area contributed by atoms with Gasteiger partial charge in [-0.3, -0.25) is 9.88 Å². The minimum Gasteiger partial charge on any atom is -0.383 e. The monoisotopic (exact) mass is 305 g/mol. The molecule has 2 aliphatic heterocycles. The molecule has 5 heteroatoms. The van der Waals surface area contributed by atoms with Crippen molar-refractivity contribution in [3.8, 4) is 0 Å². The Balaban J connectivity index is 1.60. The minimum absolute atomic E-state index is 0.277. The molecule has 5 nitrogen and oxygen atoms in total. The maximum atomic E-state index is 5.93. The van der Waals surface area contributed by atoms with E-state index >= 15 is 0 Å². The van der Waals surface area contributed by atoms with E-state index in [9.17, 15) is 0 Å². The van der Waals surface area contributed by atoms with Gasteiger partial charge in [0, 0.05) is 51.4 Å². The maximum absolute atomic E-state index is 5.93. The number of hydrogen-bond acceptors (Lipinski definition) is 5. The van der Waals surface area contributed by atoms with Gasteiger partial charge in [-0.2, -0.15) is 0 Å². The maximum Gasteiger partial charge on any atom is 0.0593 e. The number of hydrogen-bond donors (Lipinski definition) is 0. The van der Waals surface area contributed by atoms with E-state index in [-0.39, 0.29) is 5.41 Å². The molecule has 2 fully saturated rings. The summed E-state index contributed by atoms with van der Waals surface area (Å²) in [6, 6.07) is 6.15. The van der Waals surface area contributed by atoms with Crippen molar-refractivity contribution in [2.24, 2.45) is 5.41 Å². The molecule has 1 aromatic rings. The number of likely N-dealkylation sites (tertiary alicyclic amines) is 1. The molecule has 1 atom stereocenters. The second kappa shape index (κ2) is 7.51. The van der Waals surface area contributed by atoms with Crippen LogP contribution in [0.1, 0.15) is 12.1 Å². The molecule has 0 bridgehead atoms. The van der Waals surface area contributed by atoms with Gasteiger partial charge in [-0.25, -0.2) is 0 Å².